The van der Waals surface area contributed by atoms with E-state index in [9.17, 15) is 0 Å². The number of rotatable bonds is 0. The average molecular weight is 367 g/mol. The molecule has 0 amide bonds. The van der Waals surface area contributed by atoms with Gasteiger partial charge in [0.25, 0.3) is 0 Å². The molecule has 0 bridgehead atoms. The van der Waals surface area contributed by atoms with E-state index in [0.717, 1.165) is 30.4 Å². The van der Waals surface area contributed by atoms with Crippen LogP contribution in [0.3, 0.4) is 0 Å². The third-order valence-corrected chi connectivity index (χ3v) is 4.13. The second-order valence-electron chi connectivity index (χ2n) is 5.75. The Bertz CT molecular complexity index is 852. The Balaban J connectivity index is 0.000000172. The van der Waals surface area contributed by atoms with Gasteiger partial charge in [0.05, 0.1) is 11.7 Å². The van der Waals surface area contributed by atoms with E-state index in [0.29, 0.717) is 5.69 Å². The van der Waals surface area contributed by atoms with E-state index in [2.05, 4.69) is 34.6 Å². The molecule has 1 aliphatic heterocycles. The molecule has 0 saturated carbocycles. The molecule has 1 aromatic carbocycles. The van der Waals surface area contributed by atoms with Crippen LogP contribution in [0.1, 0.15) is 22.4 Å². The van der Waals surface area contributed by atoms with Crippen LogP contribution in [0.15, 0.2) is 42.7 Å². The topological polar surface area (TPSA) is 55.7 Å². The zero-order valence-corrected chi connectivity index (χ0v) is 14.7. The van der Waals surface area contributed by atoms with Crippen molar-refractivity contribution in [3.05, 3.63) is 70.4 Å². The van der Waals surface area contributed by atoms with Gasteiger partial charge in [0.15, 0.2) is 0 Å². The van der Waals surface area contributed by atoms with E-state index >= 15 is 0 Å². The monoisotopic (exact) mass is 366 g/mol. The maximum absolute atomic E-state index is 8.68. The predicted molar refractivity (Wildman–Crippen MR) is 92.2 cm³/mol. The molecule has 4 rings (SSSR count). The first kappa shape index (κ1) is 18.2. The van der Waals surface area contributed by atoms with Crippen molar-refractivity contribution in [2.75, 3.05) is 6.54 Å². The van der Waals surface area contributed by atoms with Gasteiger partial charge in [-0.1, -0.05) is 29.8 Å². The van der Waals surface area contributed by atoms with Gasteiger partial charge in [-0.2, -0.15) is 5.26 Å². The van der Waals surface area contributed by atoms with E-state index < -0.39 is 0 Å². The fourth-order valence-electron chi connectivity index (χ4n) is 2.89. The van der Waals surface area contributed by atoms with Crippen molar-refractivity contribution < 1.29 is 17.1 Å². The summed E-state index contributed by atoms with van der Waals surface area (Å²) in [5.74, 6) is 0. The molecule has 0 unspecified atom stereocenters. The normalized spacial score (nSPS) is 12.4. The second-order valence-corrected chi connectivity index (χ2v) is 5.75. The second kappa shape index (κ2) is 8.12. The van der Waals surface area contributed by atoms with Crippen molar-refractivity contribution in [3.8, 4) is 6.07 Å². The predicted octanol–water partition coefficient (Wildman–Crippen LogP) is 3.87. The first-order valence-corrected chi connectivity index (χ1v) is 7.71. The number of aromatic nitrogens is 2. The minimum atomic E-state index is 0. The number of pyridine rings is 1. The molecule has 1 aliphatic rings. The smallest absolute Gasteiger partial charge is 0.658 e. The van der Waals surface area contributed by atoms with Crippen LogP contribution in [0.5, 0.6) is 0 Å². The third kappa shape index (κ3) is 3.85. The van der Waals surface area contributed by atoms with Crippen molar-refractivity contribution in [2.45, 2.75) is 19.9 Å². The van der Waals surface area contributed by atoms with Gasteiger partial charge in [-0.25, -0.2) is 4.98 Å². The number of aryl methyl sites for hydroxylation is 2. The first-order valence-electron chi connectivity index (χ1n) is 7.71. The van der Waals surface area contributed by atoms with E-state index in [1.165, 1.54) is 16.7 Å². The van der Waals surface area contributed by atoms with Gasteiger partial charge in [-0.3, -0.25) is 0 Å². The number of nitriles is 1. The number of nitrogens with zero attached hydrogens (tertiary/aromatic N) is 4. The summed E-state index contributed by atoms with van der Waals surface area (Å²) >= 11 is 0. The van der Waals surface area contributed by atoms with Crippen molar-refractivity contribution in [2.24, 2.45) is 7.05 Å². The van der Waals surface area contributed by atoms with Gasteiger partial charge in [0, 0.05) is 18.6 Å². The summed E-state index contributed by atoms with van der Waals surface area (Å²) in [7, 11) is 1.98. The molecule has 0 saturated heterocycles. The van der Waals surface area contributed by atoms with Crippen LogP contribution in [0, 0.1) is 18.3 Å². The number of hydrogen-bond donors (Lipinski definition) is 0. The zero-order valence-electron chi connectivity index (χ0n) is 13.8. The minimum Gasteiger partial charge on any atom is -0.658 e. The maximum atomic E-state index is 8.68. The van der Waals surface area contributed by atoms with Gasteiger partial charge < -0.3 is 9.88 Å². The molecule has 0 spiro atoms. The molecule has 24 heavy (non-hydrogen) atoms. The largest absolute Gasteiger partial charge is 1.00 e. The Hall–Kier alpha value is -2.12. The van der Waals surface area contributed by atoms with E-state index in [1.54, 1.807) is 6.20 Å². The minimum absolute atomic E-state index is 0. The summed E-state index contributed by atoms with van der Waals surface area (Å²) in [6, 6.07) is 12.4. The molecular formula is C19H19CuN4. The van der Waals surface area contributed by atoms with Crippen LogP contribution in [-0.2, 0) is 37.1 Å². The number of fused-ring (bicyclic) bond motifs is 2. The summed E-state index contributed by atoms with van der Waals surface area (Å²) in [5, 5.41) is 14.1. The molecule has 126 valence electrons. The summed E-state index contributed by atoms with van der Waals surface area (Å²) in [5.41, 5.74) is 5.61. The Morgan fingerprint density at radius 1 is 1.25 bits per heavy atom. The number of benzene rings is 1. The van der Waals surface area contributed by atoms with Crippen LogP contribution >= 0.6 is 0 Å². The third-order valence-electron chi connectivity index (χ3n) is 4.13. The molecule has 0 atom stereocenters. The van der Waals surface area contributed by atoms with Crippen LogP contribution in [0.2, 0.25) is 0 Å². The van der Waals surface area contributed by atoms with Gasteiger partial charge in [-0.05, 0) is 30.5 Å². The van der Waals surface area contributed by atoms with Gasteiger partial charge in [-0.15, -0.1) is 13.1 Å². The van der Waals surface area contributed by atoms with Crippen molar-refractivity contribution >= 4 is 10.9 Å². The Morgan fingerprint density at radius 3 is 2.71 bits per heavy atom. The van der Waals surface area contributed by atoms with Gasteiger partial charge in [0.1, 0.15) is 11.8 Å². The summed E-state index contributed by atoms with van der Waals surface area (Å²) < 4.78 is 2.01. The van der Waals surface area contributed by atoms with Crippen LogP contribution < -0.4 is 0 Å². The SMILES string of the molecule is Cc1cn(C)c2cnc(C#N)cc12.[Cu+].c1ccc2c(c1)CC[N-]C2. The quantitative estimate of drug-likeness (QED) is 0.567. The molecule has 0 N–H and O–H groups in total. The molecule has 4 nitrogen and oxygen atoms in total. The van der Waals surface area contributed by atoms with Crippen LogP contribution in [0.4, 0.5) is 0 Å². The maximum Gasteiger partial charge on any atom is 1.00 e. The molecule has 3 heterocycles. The zero-order chi connectivity index (χ0) is 16.2. The molecular weight excluding hydrogens is 348 g/mol. The Labute approximate surface area is 153 Å². The van der Waals surface area contributed by atoms with Crippen molar-refractivity contribution in [1.29, 1.82) is 5.26 Å². The molecule has 0 aliphatic carbocycles. The molecule has 5 heteroatoms. The Morgan fingerprint density at radius 2 is 2.00 bits per heavy atom. The van der Waals surface area contributed by atoms with Gasteiger partial charge in [0.2, 0.25) is 0 Å². The number of hydrogen-bond acceptors (Lipinski definition) is 2. The summed E-state index contributed by atoms with van der Waals surface area (Å²) in [6.07, 6.45) is 4.91. The fourth-order valence-corrected chi connectivity index (χ4v) is 2.89. The van der Waals surface area contributed by atoms with E-state index in [-0.39, 0.29) is 17.1 Å². The van der Waals surface area contributed by atoms with Crippen LogP contribution in [-0.4, -0.2) is 16.1 Å². The average Bonchev–Trinajstić information content (AvgIpc) is 2.89. The van der Waals surface area contributed by atoms with E-state index in [4.69, 9.17) is 5.26 Å². The fraction of sp³-hybridized carbons (Fsp3) is 0.263. The standard InChI is InChI=1S/C10H9N3.C9H10N.Cu/c1-7-6-13(2)10-5-12-8(4-11)3-9(7)10;1-2-4-9-7-10-6-5-8(9)3-1;/h3,5-6H,1-2H3;1-4H,5-7H2;/q;-1;+1. The summed E-state index contributed by atoms with van der Waals surface area (Å²) in [6.45, 7) is 3.97. The van der Waals surface area contributed by atoms with Crippen molar-refractivity contribution in [1.82, 2.24) is 9.55 Å². The molecule has 3 aromatic rings. The Kier molecular flexibility index (Phi) is 6.16. The molecule has 2 aromatic heterocycles. The summed E-state index contributed by atoms with van der Waals surface area (Å²) in [4.78, 5) is 4.02. The van der Waals surface area contributed by atoms with E-state index in [1.807, 2.05) is 36.9 Å². The van der Waals surface area contributed by atoms with Crippen molar-refractivity contribution in [3.63, 3.8) is 0 Å². The first-order chi connectivity index (χ1) is 11.2. The van der Waals surface area contributed by atoms with Crippen LogP contribution in [0.25, 0.3) is 16.2 Å². The van der Waals surface area contributed by atoms with Gasteiger partial charge >= 0.3 is 17.1 Å². The molecule has 0 fully saturated rings. The molecule has 0 radical (unpaired) electrons.